The predicted octanol–water partition coefficient (Wildman–Crippen LogP) is 3.37. The van der Waals surface area contributed by atoms with E-state index in [4.69, 9.17) is 11.6 Å². The molecule has 2 N–H and O–H groups in total. The van der Waals surface area contributed by atoms with Crippen molar-refractivity contribution in [3.05, 3.63) is 41.0 Å². The van der Waals surface area contributed by atoms with Gasteiger partial charge in [-0.3, -0.25) is 0 Å². The Morgan fingerprint density at radius 3 is 2.78 bits per heavy atom. The highest BCUT2D eigenvalue weighted by Gasteiger charge is 2.19. The molecule has 2 aromatic heterocycles. The average Bonchev–Trinajstić information content (AvgIpc) is 3.06. The number of amides is 2. The Hall–Kier alpha value is -2.64. The fraction of sp³-hybridized carbons (Fsp3) is 0.316. The smallest absolute Gasteiger partial charge is 0.321 e. The van der Waals surface area contributed by atoms with Crippen molar-refractivity contribution in [2.45, 2.75) is 6.92 Å². The van der Waals surface area contributed by atoms with E-state index in [1.807, 2.05) is 24.0 Å². The van der Waals surface area contributed by atoms with Crippen molar-refractivity contribution in [1.82, 2.24) is 24.8 Å². The molecule has 8 heteroatoms. The molecule has 0 atom stereocenters. The second-order valence-electron chi connectivity index (χ2n) is 6.88. The highest BCUT2D eigenvalue weighted by Crippen LogP contribution is 2.30. The highest BCUT2D eigenvalue weighted by molar-refractivity contribution is 6.33. The molecule has 0 aliphatic carbocycles. The number of aromatic amines is 1. The van der Waals surface area contributed by atoms with Crippen LogP contribution in [-0.2, 0) is 0 Å². The number of halogens is 1. The number of aromatic nitrogens is 3. The maximum atomic E-state index is 12.5. The summed E-state index contributed by atoms with van der Waals surface area (Å²) in [4.78, 5) is 28.7. The molecular formula is C19H21ClN6O. The van der Waals surface area contributed by atoms with E-state index in [2.05, 4.69) is 32.2 Å². The van der Waals surface area contributed by atoms with Gasteiger partial charge in [-0.1, -0.05) is 11.6 Å². The number of imidazole rings is 1. The topological polar surface area (TPSA) is 77.2 Å². The number of nitrogens with one attached hydrogen (secondary N) is 2. The molecule has 1 fully saturated rings. The van der Waals surface area contributed by atoms with Gasteiger partial charge in [0.25, 0.3) is 0 Å². The van der Waals surface area contributed by atoms with Gasteiger partial charge in [-0.05, 0) is 43.8 Å². The van der Waals surface area contributed by atoms with Gasteiger partial charge in [0.15, 0.2) is 5.65 Å². The fourth-order valence-electron chi connectivity index (χ4n) is 3.13. The zero-order chi connectivity index (χ0) is 19.0. The number of anilines is 1. The molecule has 2 amide bonds. The number of nitrogens with zero attached hydrogens (tertiary/aromatic N) is 4. The third-order valence-corrected chi connectivity index (χ3v) is 5.07. The molecule has 7 nitrogen and oxygen atoms in total. The Labute approximate surface area is 162 Å². The SMILES string of the molecule is Cc1cnc2nc(-c3cc(NC(=O)N4CCN(C)CC4)ccc3Cl)[nH]c2c1. The van der Waals surface area contributed by atoms with E-state index in [1.165, 1.54) is 0 Å². The van der Waals surface area contributed by atoms with Gasteiger partial charge in [0.2, 0.25) is 0 Å². The van der Waals surface area contributed by atoms with E-state index in [0.29, 0.717) is 22.2 Å². The second kappa shape index (κ2) is 7.17. The summed E-state index contributed by atoms with van der Waals surface area (Å²) in [6.07, 6.45) is 1.78. The molecule has 0 unspecified atom stereocenters. The molecule has 27 heavy (non-hydrogen) atoms. The number of carbonyl (C=O) groups is 1. The first kappa shape index (κ1) is 17.8. The lowest BCUT2D eigenvalue weighted by molar-refractivity contribution is 0.164. The van der Waals surface area contributed by atoms with Crippen LogP contribution in [0.5, 0.6) is 0 Å². The summed E-state index contributed by atoms with van der Waals surface area (Å²) in [5, 5.41) is 3.52. The van der Waals surface area contributed by atoms with Gasteiger partial charge in [-0.25, -0.2) is 14.8 Å². The first-order valence-electron chi connectivity index (χ1n) is 8.86. The maximum absolute atomic E-state index is 12.5. The summed E-state index contributed by atoms with van der Waals surface area (Å²) in [6, 6.07) is 7.29. The third kappa shape index (κ3) is 3.74. The molecule has 1 saturated heterocycles. The van der Waals surface area contributed by atoms with Gasteiger partial charge in [-0.15, -0.1) is 0 Å². The minimum absolute atomic E-state index is 0.0988. The van der Waals surface area contributed by atoms with Crippen molar-refractivity contribution in [2.75, 3.05) is 38.5 Å². The van der Waals surface area contributed by atoms with Crippen LogP contribution in [-0.4, -0.2) is 64.0 Å². The van der Waals surface area contributed by atoms with Gasteiger partial charge in [0.05, 0.1) is 10.5 Å². The molecule has 4 rings (SSSR count). The number of carbonyl (C=O) groups excluding carboxylic acids is 1. The summed E-state index contributed by atoms with van der Waals surface area (Å²) in [5.41, 5.74) is 3.95. The van der Waals surface area contributed by atoms with Gasteiger partial charge in [-0.2, -0.15) is 0 Å². The molecule has 1 aliphatic rings. The van der Waals surface area contributed by atoms with E-state index in [9.17, 15) is 4.79 Å². The number of fused-ring (bicyclic) bond motifs is 1. The van der Waals surface area contributed by atoms with E-state index in [1.54, 1.807) is 18.3 Å². The Kier molecular flexibility index (Phi) is 4.72. The number of piperazine rings is 1. The lowest BCUT2D eigenvalue weighted by atomic mass is 10.2. The third-order valence-electron chi connectivity index (χ3n) is 4.74. The molecule has 1 aliphatic heterocycles. The van der Waals surface area contributed by atoms with Gasteiger partial charge in [0.1, 0.15) is 5.82 Å². The zero-order valence-electron chi connectivity index (χ0n) is 15.3. The number of H-pyrrole nitrogens is 1. The van der Waals surface area contributed by atoms with Crippen molar-refractivity contribution in [3.8, 4) is 11.4 Å². The normalized spacial score (nSPS) is 15.3. The summed E-state index contributed by atoms with van der Waals surface area (Å²) < 4.78 is 0. The Morgan fingerprint density at radius 2 is 2.00 bits per heavy atom. The van der Waals surface area contributed by atoms with Crippen LogP contribution in [0.3, 0.4) is 0 Å². The molecule has 3 aromatic rings. The van der Waals surface area contributed by atoms with Crippen molar-refractivity contribution >= 4 is 34.5 Å². The number of hydrogen-bond acceptors (Lipinski definition) is 4. The second-order valence-corrected chi connectivity index (χ2v) is 7.29. The predicted molar refractivity (Wildman–Crippen MR) is 107 cm³/mol. The molecule has 0 bridgehead atoms. The van der Waals surface area contributed by atoms with Crippen molar-refractivity contribution in [1.29, 1.82) is 0 Å². The van der Waals surface area contributed by atoms with Crippen molar-refractivity contribution in [3.63, 3.8) is 0 Å². The summed E-state index contributed by atoms with van der Waals surface area (Å²) in [7, 11) is 2.06. The molecule has 1 aromatic carbocycles. The van der Waals surface area contributed by atoms with Crippen LogP contribution in [0.1, 0.15) is 5.56 Å². The minimum atomic E-state index is -0.0988. The molecular weight excluding hydrogens is 364 g/mol. The quantitative estimate of drug-likeness (QED) is 0.710. The largest absolute Gasteiger partial charge is 0.337 e. The number of rotatable bonds is 2. The Bertz CT molecular complexity index is 993. The maximum Gasteiger partial charge on any atom is 0.321 e. The van der Waals surface area contributed by atoms with E-state index >= 15 is 0 Å². The highest BCUT2D eigenvalue weighted by atomic mass is 35.5. The van der Waals surface area contributed by atoms with E-state index in [-0.39, 0.29) is 6.03 Å². The van der Waals surface area contributed by atoms with Crippen molar-refractivity contribution in [2.24, 2.45) is 0 Å². The number of benzene rings is 1. The van der Waals surface area contributed by atoms with Crippen LogP contribution in [0.2, 0.25) is 5.02 Å². The lowest BCUT2D eigenvalue weighted by Crippen LogP contribution is -2.48. The van der Waals surface area contributed by atoms with Gasteiger partial charge >= 0.3 is 6.03 Å². The van der Waals surface area contributed by atoms with Gasteiger partial charge in [0, 0.05) is 43.6 Å². The van der Waals surface area contributed by atoms with Crippen LogP contribution in [0, 0.1) is 6.92 Å². The van der Waals surface area contributed by atoms with Crippen LogP contribution < -0.4 is 5.32 Å². The number of likely N-dealkylation sites (N-methyl/N-ethyl adjacent to an activating group) is 1. The van der Waals surface area contributed by atoms with E-state index < -0.39 is 0 Å². The standard InChI is InChI=1S/C19H21ClN6O/c1-12-9-16-18(21-11-12)24-17(23-16)14-10-13(3-4-15(14)20)22-19(27)26-7-5-25(2)6-8-26/h3-4,9-11H,5-8H2,1-2H3,(H,22,27)(H,21,23,24). The van der Waals surface area contributed by atoms with Gasteiger partial charge < -0.3 is 20.1 Å². The monoisotopic (exact) mass is 384 g/mol. The number of aryl methyl sites for hydroxylation is 1. The fourth-order valence-corrected chi connectivity index (χ4v) is 3.34. The van der Waals surface area contributed by atoms with E-state index in [0.717, 1.165) is 42.8 Å². The molecule has 3 heterocycles. The summed E-state index contributed by atoms with van der Waals surface area (Å²) >= 11 is 6.38. The average molecular weight is 385 g/mol. The number of urea groups is 1. The summed E-state index contributed by atoms with van der Waals surface area (Å²) in [5.74, 6) is 0.629. The van der Waals surface area contributed by atoms with Crippen LogP contribution in [0.15, 0.2) is 30.5 Å². The Balaban J connectivity index is 1.58. The minimum Gasteiger partial charge on any atom is -0.337 e. The Morgan fingerprint density at radius 1 is 1.22 bits per heavy atom. The molecule has 0 radical (unpaired) electrons. The number of hydrogen-bond donors (Lipinski definition) is 2. The zero-order valence-corrected chi connectivity index (χ0v) is 16.0. The first-order chi connectivity index (χ1) is 13.0. The molecule has 140 valence electrons. The lowest BCUT2D eigenvalue weighted by Gasteiger charge is -2.32. The van der Waals surface area contributed by atoms with Crippen LogP contribution in [0.25, 0.3) is 22.6 Å². The van der Waals surface area contributed by atoms with Crippen LogP contribution >= 0.6 is 11.6 Å². The number of pyridine rings is 1. The summed E-state index contributed by atoms with van der Waals surface area (Å²) in [6.45, 7) is 5.18. The van der Waals surface area contributed by atoms with Crippen molar-refractivity contribution < 1.29 is 4.79 Å². The van der Waals surface area contributed by atoms with Crippen LogP contribution in [0.4, 0.5) is 10.5 Å². The molecule has 0 saturated carbocycles. The molecule has 0 spiro atoms. The first-order valence-corrected chi connectivity index (χ1v) is 9.24.